The molecule has 1 aliphatic rings. The van der Waals surface area contributed by atoms with Crippen LogP contribution < -0.4 is 5.32 Å². The van der Waals surface area contributed by atoms with Crippen molar-refractivity contribution in [1.82, 2.24) is 5.32 Å². The number of ether oxygens (including phenoxy) is 2. The summed E-state index contributed by atoms with van der Waals surface area (Å²) in [5.74, 6) is -1.80. The number of unbranched alkanes of at least 4 members (excludes halogenated alkanes) is 3. The van der Waals surface area contributed by atoms with Gasteiger partial charge in [-0.3, -0.25) is 4.79 Å². The Hall–Kier alpha value is -0.770. The fourth-order valence-electron chi connectivity index (χ4n) is 2.68. The Balaban J connectivity index is 2.61. The van der Waals surface area contributed by atoms with Crippen LogP contribution in [0.15, 0.2) is 0 Å². The second-order valence-electron chi connectivity index (χ2n) is 6.36. The third-order valence-electron chi connectivity index (χ3n) is 4.15. The predicted octanol–water partition coefficient (Wildman–Crippen LogP) is -0.720. The van der Waals surface area contributed by atoms with E-state index in [0.29, 0.717) is 6.42 Å². The lowest BCUT2D eigenvalue weighted by Gasteiger charge is -2.43. The van der Waals surface area contributed by atoms with E-state index in [1.54, 1.807) is 6.92 Å². The third-order valence-corrected chi connectivity index (χ3v) is 4.15. The van der Waals surface area contributed by atoms with E-state index in [0.717, 1.165) is 25.7 Å². The lowest BCUT2D eigenvalue weighted by Crippen LogP contribution is -2.59. The van der Waals surface area contributed by atoms with E-state index in [-0.39, 0.29) is 19.8 Å². The van der Waals surface area contributed by atoms with Crippen LogP contribution >= 0.6 is 0 Å². The van der Waals surface area contributed by atoms with Gasteiger partial charge in [-0.2, -0.15) is 0 Å². The van der Waals surface area contributed by atoms with Crippen LogP contribution in [0.3, 0.4) is 0 Å². The van der Waals surface area contributed by atoms with Gasteiger partial charge in [0.2, 0.25) is 0 Å². The first kappa shape index (κ1) is 21.3. The van der Waals surface area contributed by atoms with E-state index in [9.17, 15) is 20.1 Å². The number of carbonyl (C=O) groups excluding carboxylic acids is 1. The summed E-state index contributed by atoms with van der Waals surface area (Å²) in [5, 5.41) is 41.1. The molecule has 0 saturated carbocycles. The van der Waals surface area contributed by atoms with Crippen molar-refractivity contribution in [3.8, 4) is 0 Å². The molecule has 1 saturated heterocycles. The molecule has 5 atom stereocenters. The molecule has 1 fully saturated rings. The van der Waals surface area contributed by atoms with Gasteiger partial charge in [0.1, 0.15) is 18.3 Å². The Morgan fingerprint density at radius 2 is 2.04 bits per heavy atom. The van der Waals surface area contributed by atoms with Gasteiger partial charge in [0.25, 0.3) is 5.91 Å². The molecule has 1 heterocycles. The monoisotopic (exact) mass is 349 g/mol. The fourth-order valence-corrected chi connectivity index (χ4v) is 2.68. The molecule has 1 amide bonds. The van der Waals surface area contributed by atoms with Crippen LogP contribution in [0.25, 0.3) is 0 Å². The molecule has 0 aliphatic carbocycles. The highest BCUT2D eigenvalue weighted by molar-refractivity contribution is 5.81. The largest absolute Gasteiger partial charge is 0.395 e. The molecule has 0 spiro atoms. The number of rotatable bonds is 10. The van der Waals surface area contributed by atoms with Crippen LogP contribution in [-0.2, 0) is 14.3 Å². The first-order valence-electron chi connectivity index (χ1n) is 8.59. The summed E-state index contributed by atoms with van der Waals surface area (Å²) in [4.78, 5) is 11.7. The van der Waals surface area contributed by atoms with E-state index < -0.39 is 36.1 Å². The molecular weight excluding hydrogens is 318 g/mol. The summed E-state index contributed by atoms with van der Waals surface area (Å²) in [6.07, 6.45) is -0.938. The summed E-state index contributed by atoms with van der Waals surface area (Å²) in [7, 11) is 0. The van der Waals surface area contributed by atoms with E-state index >= 15 is 0 Å². The fraction of sp³-hybridized carbons (Fsp3) is 0.938. The molecule has 1 rings (SSSR count). The Kier molecular flexibility index (Phi) is 9.11. The van der Waals surface area contributed by atoms with E-state index in [4.69, 9.17) is 14.6 Å². The number of amides is 1. The van der Waals surface area contributed by atoms with Gasteiger partial charge in [-0.15, -0.1) is 0 Å². The van der Waals surface area contributed by atoms with Crippen LogP contribution in [0, 0.1) is 0 Å². The standard InChI is InChI=1S/C16H31NO7/c1-3-4-5-6-7-16(2)23-10-11(19)14(24-16)12(20)13(21)15(22)17-8-9-18/h11-14,18-21H,3-10H2,1-2H3,(H,17,22)/t11-,12-,13-,14-,16?/m1/s1. The smallest absolute Gasteiger partial charge is 0.251 e. The van der Waals surface area contributed by atoms with Crippen molar-refractivity contribution in [2.24, 2.45) is 0 Å². The first-order valence-corrected chi connectivity index (χ1v) is 8.59. The Labute approximate surface area is 142 Å². The SMILES string of the molecule is CCCCCCC1(C)OC[C@@H](O)[C@H]([C@H](O)[C@@H](O)C(=O)NCCO)O1. The van der Waals surface area contributed by atoms with Gasteiger partial charge in [-0.05, 0) is 13.3 Å². The second kappa shape index (κ2) is 10.3. The number of nitrogens with one attached hydrogen (secondary N) is 1. The maximum atomic E-state index is 11.7. The van der Waals surface area contributed by atoms with Crippen LogP contribution in [0.4, 0.5) is 0 Å². The van der Waals surface area contributed by atoms with Crippen molar-refractivity contribution in [2.75, 3.05) is 19.8 Å². The minimum absolute atomic E-state index is 0.0328. The summed E-state index contributed by atoms with van der Waals surface area (Å²) < 4.78 is 11.2. The number of hydrogen-bond acceptors (Lipinski definition) is 7. The molecule has 0 bridgehead atoms. The molecule has 1 aliphatic heterocycles. The highest BCUT2D eigenvalue weighted by atomic mass is 16.7. The zero-order valence-corrected chi connectivity index (χ0v) is 14.5. The zero-order chi connectivity index (χ0) is 18.2. The maximum Gasteiger partial charge on any atom is 0.251 e. The topological polar surface area (TPSA) is 128 Å². The van der Waals surface area contributed by atoms with Crippen molar-refractivity contribution in [3.05, 3.63) is 0 Å². The van der Waals surface area contributed by atoms with Gasteiger partial charge in [-0.1, -0.05) is 26.2 Å². The van der Waals surface area contributed by atoms with Crippen LogP contribution in [-0.4, -0.2) is 76.3 Å². The summed E-state index contributed by atoms with van der Waals surface area (Å²) in [6, 6.07) is 0. The van der Waals surface area contributed by atoms with Crippen LogP contribution in [0.1, 0.15) is 46.0 Å². The highest BCUT2D eigenvalue weighted by Gasteiger charge is 2.45. The highest BCUT2D eigenvalue weighted by Crippen LogP contribution is 2.30. The van der Waals surface area contributed by atoms with Crippen molar-refractivity contribution in [1.29, 1.82) is 0 Å². The molecule has 0 aromatic rings. The quantitative estimate of drug-likeness (QED) is 0.329. The molecule has 0 radical (unpaired) electrons. The molecule has 8 nitrogen and oxygen atoms in total. The predicted molar refractivity (Wildman–Crippen MR) is 86.1 cm³/mol. The average Bonchev–Trinajstić information content (AvgIpc) is 2.57. The second-order valence-corrected chi connectivity index (χ2v) is 6.36. The molecule has 24 heavy (non-hydrogen) atoms. The maximum absolute atomic E-state index is 11.7. The lowest BCUT2D eigenvalue weighted by molar-refractivity contribution is -0.332. The number of carbonyl (C=O) groups is 1. The van der Waals surface area contributed by atoms with E-state index in [1.165, 1.54) is 0 Å². The van der Waals surface area contributed by atoms with Crippen LogP contribution in [0.2, 0.25) is 0 Å². The third kappa shape index (κ3) is 6.27. The number of aliphatic hydroxyl groups excluding tert-OH is 4. The first-order chi connectivity index (χ1) is 11.3. The molecule has 5 N–H and O–H groups in total. The van der Waals surface area contributed by atoms with Gasteiger partial charge in [0, 0.05) is 13.0 Å². The molecule has 1 unspecified atom stereocenters. The Bertz CT molecular complexity index is 381. The van der Waals surface area contributed by atoms with Gasteiger partial charge in [0.05, 0.1) is 13.2 Å². The normalized spacial score (nSPS) is 29.9. The van der Waals surface area contributed by atoms with Gasteiger partial charge in [-0.25, -0.2) is 0 Å². The molecule has 142 valence electrons. The minimum atomic E-state index is -1.77. The van der Waals surface area contributed by atoms with Crippen molar-refractivity contribution in [2.45, 2.75) is 76.2 Å². The molecule has 0 aromatic heterocycles. The van der Waals surface area contributed by atoms with Crippen LogP contribution in [0.5, 0.6) is 0 Å². The van der Waals surface area contributed by atoms with Gasteiger partial charge >= 0.3 is 0 Å². The van der Waals surface area contributed by atoms with Crippen molar-refractivity contribution >= 4 is 5.91 Å². The number of hydrogen-bond donors (Lipinski definition) is 5. The minimum Gasteiger partial charge on any atom is -0.395 e. The van der Waals surface area contributed by atoms with Gasteiger partial charge in [0.15, 0.2) is 11.9 Å². The van der Waals surface area contributed by atoms with E-state index in [1.807, 2.05) is 0 Å². The zero-order valence-electron chi connectivity index (χ0n) is 14.5. The summed E-state index contributed by atoms with van der Waals surface area (Å²) in [6.45, 7) is 3.48. The van der Waals surface area contributed by atoms with Crippen molar-refractivity contribution in [3.63, 3.8) is 0 Å². The lowest BCUT2D eigenvalue weighted by atomic mass is 9.99. The number of aliphatic hydroxyl groups is 4. The van der Waals surface area contributed by atoms with Crippen molar-refractivity contribution < 1.29 is 34.7 Å². The summed E-state index contributed by atoms with van der Waals surface area (Å²) in [5.41, 5.74) is 0. The molecular formula is C16H31NO7. The van der Waals surface area contributed by atoms with E-state index in [2.05, 4.69) is 12.2 Å². The van der Waals surface area contributed by atoms with Gasteiger partial charge < -0.3 is 35.2 Å². The molecule has 0 aromatic carbocycles. The Morgan fingerprint density at radius 1 is 1.33 bits per heavy atom. The molecule has 8 heteroatoms. The summed E-state index contributed by atoms with van der Waals surface area (Å²) >= 11 is 0. The average molecular weight is 349 g/mol. The Morgan fingerprint density at radius 3 is 2.67 bits per heavy atom.